The van der Waals surface area contributed by atoms with Crippen molar-refractivity contribution in [2.45, 2.75) is 43.7 Å². The van der Waals surface area contributed by atoms with Crippen LogP contribution >= 0.6 is 12.4 Å². The van der Waals surface area contributed by atoms with Crippen molar-refractivity contribution in [3.8, 4) is 0 Å². The molecule has 2 saturated heterocycles. The van der Waals surface area contributed by atoms with Gasteiger partial charge in [0, 0.05) is 17.5 Å². The molecule has 80 valence electrons. The lowest BCUT2D eigenvalue weighted by molar-refractivity contribution is -0.125. The normalized spacial score (nSPS) is 49.5. The minimum absolute atomic E-state index is 0. The Morgan fingerprint density at radius 3 is 2.79 bits per heavy atom. The fraction of sp³-hybridized carbons (Fsp3) is 0.900. The van der Waals surface area contributed by atoms with Crippen molar-refractivity contribution in [1.29, 1.82) is 0 Å². The van der Waals surface area contributed by atoms with Crippen molar-refractivity contribution in [1.82, 2.24) is 5.32 Å². The van der Waals surface area contributed by atoms with Gasteiger partial charge in [-0.3, -0.25) is 4.79 Å². The van der Waals surface area contributed by atoms with E-state index in [-0.39, 0.29) is 29.8 Å². The van der Waals surface area contributed by atoms with Gasteiger partial charge in [0.05, 0.1) is 0 Å². The SMILES string of the molecule is Cl.N[C@]12C[C@@H]3C[C@H](C1)NC(=O)[C@@H](C3)C2. The van der Waals surface area contributed by atoms with Gasteiger partial charge in [-0.1, -0.05) is 0 Å². The minimum atomic E-state index is -0.0182. The molecule has 3 nitrogen and oxygen atoms in total. The second-order valence-corrected chi connectivity index (χ2v) is 5.21. The largest absolute Gasteiger partial charge is 0.353 e. The lowest BCUT2D eigenvalue weighted by atomic mass is 9.64. The van der Waals surface area contributed by atoms with Gasteiger partial charge in [-0.15, -0.1) is 12.4 Å². The average Bonchev–Trinajstić information content (AvgIpc) is 2.12. The monoisotopic (exact) mass is 216 g/mol. The van der Waals surface area contributed by atoms with Crippen LogP contribution in [0.2, 0.25) is 0 Å². The smallest absolute Gasteiger partial charge is 0.223 e. The maximum Gasteiger partial charge on any atom is 0.223 e. The summed E-state index contributed by atoms with van der Waals surface area (Å²) in [5, 5.41) is 3.11. The van der Waals surface area contributed by atoms with Crippen molar-refractivity contribution in [3.63, 3.8) is 0 Å². The van der Waals surface area contributed by atoms with E-state index < -0.39 is 0 Å². The first-order valence-corrected chi connectivity index (χ1v) is 5.24. The summed E-state index contributed by atoms with van der Waals surface area (Å²) in [6.07, 6.45) is 5.33. The Morgan fingerprint density at radius 1 is 1.29 bits per heavy atom. The van der Waals surface area contributed by atoms with E-state index in [0.717, 1.165) is 25.7 Å². The topological polar surface area (TPSA) is 55.1 Å². The van der Waals surface area contributed by atoms with Crippen molar-refractivity contribution in [2.24, 2.45) is 17.6 Å². The van der Waals surface area contributed by atoms with E-state index in [1.807, 2.05) is 0 Å². The van der Waals surface area contributed by atoms with Crippen molar-refractivity contribution >= 4 is 18.3 Å². The Balaban J connectivity index is 0.000000750. The van der Waals surface area contributed by atoms with E-state index in [2.05, 4.69) is 5.32 Å². The molecular weight excluding hydrogens is 200 g/mol. The summed E-state index contributed by atoms with van der Waals surface area (Å²) in [4.78, 5) is 11.6. The number of amides is 1. The highest BCUT2D eigenvalue weighted by molar-refractivity contribution is 5.85. The molecule has 0 unspecified atom stereocenters. The molecule has 4 atom stereocenters. The quantitative estimate of drug-likeness (QED) is 0.630. The van der Waals surface area contributed by atoms with Crippen LogP contribution in [-0.2, 0) is 4.79 Å². The second-order valence-electron chi connectivity index (χ2n) is 5.21. The molecule has 14 heavy (non-hydrogen) atoms. The number of hydrogen-bond donors (Lipinski definition) is 2. The molecule has 0 radical (unpaired) electrons. The second kappa shape index (κ2) is 3.11. The molecule has 2 aliphatic carbocycles. The first kappa shape index (κ1) is 10.2. The number of carbonyl (C=O) groups is 1. The molecular formula is C10H17ClN2O. The van der Waals surface area contributed by atoms with E-state index in [1.54, 1.807) is 0 Å². The molecule has 0 aromatic heterocycles. The van der Waals surface area contributed by atoms with Crippen LogP contribution in [0, 0.1) is 11.8 Å². The Morgan fingerprint density at radius 2 is 2.07 bits per heavy atom. The van der Waals surface area contributed by atoms with Gasteiger partial charge in [-0.2, -0.15) is 0 Å². The van der Waals surface area contributed by atoms with Gasteiger partial charge in [0.2, 0.25) is 5.91 Å². The summed E-state index contributed by atoms with van der Waals surface area (Å²) in [6, 6.07) is 0.378. The van der Waals surface area contributed by atoms with Crippen molar-refractivity contribution < 1.29 is 4.79 Å². The fourth-order valence-corrected chi connectivity index (χ4v) is 3.67. The lowest BCUT2D eigenvalue weighted by Crippen LogP contribution is -2.52. The summed E-state index contributed by atoms with van der Waals surface area (Å²) in [6.45, 7) is 0. The molecule has 4 fully saturated rings. The molecule has 3 N–H and O–H groups in total. The Kier molecular flexibility index (Phi) is 2.27. The number of nitrogens with one attached hydrogen (secondary N) is 1. The van der Waals surface area contributed by atoms with Crippen LogP contribution in [0.15, 0.2) is 0 Å². The number of halogens is 1. The predicted octanol–water partition coefficient (Wildman–Crippen LogP) is 0.814. The molecule has 4 aliphatic rings. The van der Waals surface area contributed by atoms with E-state index in [1.165, 1.54) is 6.42 Å². The van der Waals surface area contributed by atoms with Gasteiger partial charge >= 0.3 is 0 Å². The zero-order chi connectivity index (χ0) is 9.05. The molecule has 0 aromatic carbocycles. The summed E-state index contributed by atoms with van der Waals surface area (Å²) in [5.74, 6) is 1.19. The molecule has 2 aliphatic heterocycles. The van der Waals surface area contributed by atoms with Crippen LogP contribution < -0.4 is 11.1 Å². The minimum Gasteiger partial charge on any atom is -0.353 e. The van der Waals surface area contributed by atoms with Crippen LogP contribution in [0.4, 0.5) is 0 Å². The Hall–Kier alpha value is -0.280. The molecule has 4 bridgehead atoms. The Labute approximate surface area is 90.2 Å². The third-order valence-corrected chi connectivity index (χ3v) is 3.95. The van der Waals surface area contributed by atoms with E-state index in [0.29, 0.717) is 12.0 Å². The predicted molar refractivity (Wildman–Crippen MR) is 56.2 cm³/mol. The standard InChI is InChI=1S/C10H16N2O.ClH/c11-10-3-6-1-7(4-10)9(13)12-8(2-6)5-10;/h6-8H,1-5,11H2,(H,12,13);1H/t6-,7-,8+,10-;/m0./s1. The van der Waals surface area contributed by atoms with Gasteiger partial charge in [-0.25, -0.2) is 0 Å². The molecule has 0 spiro atoms. The first-order valence-electron chi connectivity index (χ1n) is 5.24. The molecule has 1 amide bonds. The average molecular weight is 217 g/mol. The third-order valence-electron chi connectivity index (χ3n) is 3.95. The first-order chi connectivity index (χ1) is 6.15. The Bertz CT molecular complexity index is 271. The zero-order valence-corrected chi connectivity index (χ0v) is 8.98. The molecule has 2 saturated carbocycles. The van der Waals surface area contributed by atoms with E-state index in [9.17, 15) is 4.79 Å². The maximum absolute atomic E-state index is 11.6. The van der Waals surface area contributed by atoms with Gasteiger partial charge in [0.15, 0.2) is 0 Å². The third kappa shape index (κ3) is 1.43. The van der Waals surface area contributed by atoms with Gasteiger partial charge in [-0.05, 0) is 38.0 Å². The van der Waals surface area contributed by atoms with Crippen LogP contribution in [0.25, 0.3) is 0 Å². The highest BCUT2D eigenvalue weighted by Crippen LogP contribution is 2.46. The maximum atomic E-state index is 11.6. The molecule has 2 heterocycles. The summed E-state index contributed by atoms with van der Waals surface area (Å²) in [7, 11) is 0. The number of hydrogen-bond acceptors (Lipinski definition) is 2. The molecule has 4 rings (SSSR count). The van der Waals surface area contributed by atoms with E-state index in [4.69, 9.17) is 5.73 Å². The van der Waals surface area contributed by atoms with Gasteiger partial charge < -0.3 is 11.1 Å². The summed E-state index contributed by atoms with van der Waals surface area (Å²) >= 11 is 0. The highest BCUT2D eigenvalue weighted by Gasteiger charge is 2.49. The number of fused-ring (bicyclic) bond motifs is 1. The lowest BCUT2D eigenvalue weighted by Gasteiger charge is -2.44. The number of nitrogens with two attached hydrogens (primary N) is 1. The summed E-state index contributed by atoms with van der Waals surface area (Å²) in [5.41, 5.74) is 6.27. The van der Waals surface area contributed by atoms with Gasteiger partial charge in [0.1, 0.15) is 0 Å². The van der Waals surface area contributed by atoms with Crippen molar-refractivity contribution in [3.05, 3.63) is 0 Å². The molecule has 4 heteroatoms. The van der Waals surface area contributed by atoms with Gasteiger partial charge in [0.25, 0.3) is 0 Å². The zero-order valence-electron chi connectivity index (χ0n) is 8.16. The molecule has 0 aromatic rings. The van der Waals surface area contributed by atoms with Crippen LogP contribution in [0.5, 0.6) is 0 Å². The van der Waals surface area contributed by atoms with Crippen LogP contribution in [-0.4, -0.2) is 17.5 Å². The van der Waals surface area contributed by atoms with Crippen LogP contribution in [0.3, 0.4) is 0 Å². The van der Waals surface area contributed by atoms with Crippen LogP contribution in [0.1, 0.15) is 32.1 Å². The van der Waals surface area contributed by atoms with E-state index >= 15 is 0 Å². The number of rotatable bonds is 0. The highest BCUT2D eigenvalue weighted by atomic mass is 35.5. The van der Waals surface area contributed by atoms with Crippen molar-refractivity contribution in [2.75, 3.05) is 0 Å². The number of carbonyl (C=O) groups excluding carboxylic acids is 1. The fourth-order valence-electron chi connectivity index (χ4n) is 3.67. The summed E-state index contributed by atoms with van der Waals surface area (Å²) < 4.78 is 0.